The molecular weight excluding hydrogens is 267 g/mol. The Balaban J connectivity index is 3.26. The van der Waals surface area contributed by atoms with E-state index in [0.29, 0.717) is 0 Å². The monoisotopic (exact) mass is 279 g/mol. The Morgan fingerprint density at radius 1 is 1.47 bits per heavy atom. The van der Waals surface area contributed by atoms with Crippen LogP contribution in [-0.2, 0) is 11.3 Å². The number of ether oxygens (including phenoxy) is 2. The van der Waals surface area contributed by atoms with Gasteiger partial charge in [-0.2, -0.15) is 0 Å². The van der Waals surface area contributed by atoms with Crippen LogP contribution in [0.1, 0.15) is 23.0 Å². The van der Waals surface area contributed by atoms with Gasteiger partial charge in [-0.25, -0.2) is 9.78 Å². The molecule has 1 aromatic rings. The highest BCUT2D eigenvalue weighted by Gasteiger charge is 2.34. The topological polar surface area (TPSA) is 100 Å². The van der Waals surface area contributed by atoms with E-state index in [0.717, 1.165) is 6.07 Å². The maximum Gasteiger partial charge on any atom is 0.574 e. The van der Waals surface area contributed by atoms with E-state index in [2.05, 4.69) is 14.5 Å². The third-order valence-electron chi connectivity index (χ3n) is 2.00. The summed E-state index contributed by atoms with van der Waals surface area (Å²) in [5.74, 6) is -1.94. The van der Waals surface area contributed by atoms with Crippen molar-refractivity contribution in [3.8, 4) is 5.88 Å². The maximum atomic E-state index is 12.2. The molecule has 1 aromatic heterocycles. The van der Waals surface area contributed by atoms with E-state index in [1.807, 2.05) is 0 Å². The van der Waals surface area contributed by atoms with Gasteiger partial charge in [0.05, 0.1) is 18.0 Å². The minimum atomic E-state index is -4.99. The molecule has 0 atom stereocenters. The van der Waals surface area contributed by atoms with Crippen LogP contribution in [0.3, 0.4) is 0 Å². The zero-order valence-electron chi connectivity index (χ0n) is 9.95. The number of nitrogens with zero attached hydrogens (tertiary/aromatic N) is 1. The van der Waals surface area contributed by atoms with E-state index in [1.165, 1.54) is 6.92 Å². The van der Waals surface area contributed by atoms with Crippen molar-refractivity contribution in [2.45, 2.75) is 19.8 Å². The summed E-state index contributed by atoms with van der Waals surface area (Å²) in [6.45, 7) is 1.30. The van der Waals surface area contributed by atoms with Crippen molar-refractivity contribution < 1.29 is 27.4 Å². The molecule has 6 nitrogen and oxygen atoms in total. The van der Waals surface area contributed by atoms with Gasteiger partial charge in [-0.3, -0.25) is 0 Å². The zero-order valence-corrected chi connectivity index (χ0v) is 9.95. The second-order valence-electron chi connectivity index (χ2n) is 3.35. The third-order valence-corrected chi connectivity index (χ3v) is 2.00. The summed E-state index contributed by atoms with van der Waals surface area (Å²) in [7, 11) is 0. The summed E-state index contributed by atoms with van der Waals surface area (Å²) in [4.78, 5) is 15.0. The summed E-state index contributed by atoms with van der Waals surface area (Å²) in [5, 5.41) is 0. The van der Waals surface area contributed by atoms with E-state index >= 15 is 0 Å². The molecule has 1 heterocycles. The van der Waals surface area contributed by atoms with Gasteiger partial charge in [-0.15, -0.1) is 13.2 Å². The minimum absolute atomic E-state index is 0.00713. The molecule has 0 spiro atoms. The molecule has 0 radical (unpaired) electrons. The largest absolute Gasteiger partial charge is 0.574 e. The molecule has 0 unspecified atom stereocenters. The first-order valence-electron chi connectivity index (χ1n) is 5.20. The van der Waals surface area contributed by atoms with Crippen molar-refractivity contribution in [2.24, 2.45) is 5.73 Å². The average Bonchev–Trinajstić information content (AvgIpc) is 2.29. The number of hydrogen-bond acceptors (Lipinski definition) is 6. The Labute approximate surface area is 106 Å². The standard InChI is InChI=1S/C10H12F3N3O3/c1-2-18-9(17)5-3-6(15)7(4-14)16-8(5)19-10(11,12)13/h3H,2,4,14-15H2,1H3. The molecule has 0 saturated heterocycles. The van der Waals surface area contributed by atoms with Crippen LogP contribution in [0.25, 0.3) is 0 Å². The molecule has 106 valence electrons. The fraction of sp³-hybridized carbons (Fsp3) is 0.400. The highest BCUT2D eigenvalue weighted by atomic mass is 19.4. The van der Waals surface area contributed by atoms with Crippen molar-refractivity contribution in [3.63, 3.8) is 0 Å². The lowest BCUT2D eigenvalue weighted by atomic mass is 10.2. The summed E-state index contributed by atoms with van der Waals surface area (Å²) < 4.78 is 45.0. The first kappa shape index (κ1) is 15.0. The number of halogens is 3. The van der Waals surface area contributed by atoms with E-state index in [9.17, 15) is 18.0 Å². The number of esters is 1. The third kappa shape index (κ3) is 3.98. The zero-order chi connectivity index (χ0) is 14.6. The summed E-state index contributed by atoms with van der Waals surface area (Å²) in [6.07, 6.45) is -4.99. The van der Waals surface area contributed by atoms with Gasteiger partial charge in [0, 0.05) is 6.54 Å². The number of carbonyl (C=O) groups is 1. The first-order chi connectivity index (χ1) is 8.78. The first-order valence-corrected chi connectivity index (χ1v) is 5.20. The molecule has 0 amide bonds. The van der Waals surface area contributed by atoms with Crippen molar-refractivity contribution >= 4 is 11.7 Å². The number of hydrogen-bond donors (Lipinski definition) is 2. The van der Waals surface area contributed by atoms with Gasteiger partial charge in [0.15, 0.2) is 0 Å². The number of aromatic nitrogens is 1. The van der Waals surface area contributed by atoms with E-state index < -0.39 is 23.8 Å². The van der Waals surface area contributed by atoms with E-state index in [-0.39, 0.29) is 24.5 Å². The molecule has 0 bridgehead atoms. The molecule has 9 heteroatoms. The Bertz CT molecular complexity index is 477. The fourth-order valence-electron chi connectivity index (χ4n) is 1.25. The molecular formula is C10H12F3N3O3. The van der Waals surface area contributed by atoms with Gasteiger partial charge < -0.3 is 20.9 Å². The highest BCUT2D eigenvalue weighted by Crippen LogP contribution is 2.28. The Morgan fingerprint density at radius 3 is 2.58 bits per heavy atom. The molecule has 19 heavy (non-hydrogen) atoms. The van der Waals surface area contributed by atoms with Gasteiger partial charge in [0.1, 0.15) is 5.56 Å². The van der Waals surface area contributed by atoms with E-state index in [1.54, 1.807) is 0 Å². The van der Waals surface area contributed by atoms with Crippen LogP contribution < -0.4 is 16.2 Å². The number of nitrogens with two attached hydrogens (primary N) is 2. The molecule has 0 aliphatic heterocycles. The van der Waals surface area contributed by atoms with Gasteiger partial charge >= 0.3 is 12.3 Å². The second-order valence-corrected chi connectivity index (χ2v) is 3.35. The van der Waals surface area contributed by atoms with Crippen LogP contribution in [0.15, 0.2) is 6.07 Å². The number of anilines is 1. The molecule has 0 aliphatic carbocycles. The van der Waals surface area contributed by atoms with Crippen LogP contribution in [-0.4, -0.2) is 23.9 Å². The quantitative estimate of drug-likeness (QED) is 0.803. The van der Waals surface area contributed by atoms with Crippen molar-refractivity contribution in [2.75, 3.05) is 12.3 Å². The van der Waals surface area contributed by atoms with Gasteiger partial charge in [0.25, 0.3) is 0 Å². The summed E-state index contributed by atoms with van der Waals surface area (Å²) in [6, 6.07) is 0.994. The number of rotatable bonds is 4. The molecule has 0 saturated carbocycles. The van der Waals surface area contributed by atoms with Crippen LogP contribution in [0, 0.1) is 0 Å². The average molecular weight is 279 g/mol. The van der Waals surface area contributed by atoms with Crippen molar-refractivity contribution in [1.29, 1.82) is 0 Å². The molecule has 1 rings (SSSR count). The highest BCUT2D eigenvalue weighted by molar-refractivity contribution is 5.93. The fourth-order valence-corrected chi connectivity index (χ4v) is 1.25. The second kappa shape index (κ2) is 5.74. The van der Waals surface area contributed by atoms with Gasteiger partial charge in [0.2, 0.25) is 5.88 Å². The summed E-state index contributed by atoms with van der Waals surface area (Å²) >= 11 is 0. The predicted octanol–water partition coefficient (Wildman–Crippen LogP) is 1.20. The smallest absolute Gasteiger partial charge is 0.462 e. The minimum Gasteiger partial charge on any atom is -0.462 e. The number of alkyl halides is 3. The number of pyridine rings is 1. The lowest BCUT2D eigenvalue weighted by Gasteiger charge is -2.13. The maximum absolute atomic E-state index is 12.2. The Hall–Kier alpha value is -2.03. The molecule has 0 fully saturated rings. The lowest BCUT2D eigenvalue weighted by molar-refractivity contribution is -0.276. The summed E-state index contributed by atoms with van der Waals surface area (Å²) in [5.41, 5.74) is 10.3. The van der Waals surface area contributed by atoms with Gasteiger partial charge in [-0.1, -0.05) is 0 Å². The van der Waals surface area contributed by atoms with Gasteiger partial charge in [-0.05, 0) is 13.0 Å². The molecule has 0 aromatic carbocycles. The normalized spacial score (nSPS) is 11.2. The molecule has 0 aliphatic rings. The van der Waals surface area contributed by atoms with E-state index in [4.69, 9.17) is 11.5 Å². The predicted molar refractivity (Wildman–Crippen MR) is 59.2 cm³/mol. The van der Waals surface area contributed by atoms with Crippen molar-refractivity contribution in [3.05, 3.63) is 17.3 Å². The Morgan fingerprint density at radius 2 is 2.11 bits per heavy atom. The number of nitrogen functional groups attached to an aromatic ring is 1. The Kier molecular flexibility index (Phi) is 4.54. The SMILES string of the molecule is CCOC(=O)c1cc(N)c(CN)nc1OC(F)(F)F. The molecule has 4 N–H and O–H groups in total. The van der Waals surface area contributed by atoms with Crippen LogP contribution in [0.4, 0.5) is 18.9 Å². The lowest BCUT2D eigenvalue weighted by Crippen LogP contribution is -2.22. The number of carbonyl (C=O) groups excluding carboxylic acids is 1. The van der Waals surface area contributed by atoms with Crippen LogP contribution in [0.5, 0.6) is 5.88 Å². The van der Waals surface area contributed by atoms with Crippen LogP contribution >= 0.6 is 0 Å². The van der Waals surface area contributed by atoms with Crippen molar-refractivity contribution in [1.82, 2.24) is 4.98 Å². The van der Waals surface area contributed by atoms with Crippen LogP contribution in [0.2, 0.25) is 0 Å².